The summed E-state index contributed by atoms with van der Waals surface area (Å²) < 4.78 is 28.6. The number of hydrogen-bond acceptors (Lipinski definition) is 6. The van der Waals surface area contributed by atoms with Crippen molar-refractivity contribution < 1.29 is 23.7 Å². The maximum absolute atomic E-state index is 6.07. The molecule has 1 atom stereocenters. The summed E-state index contributed by atoms with van der Waals surface area (Å²) in [6, 6.07) is 0. The van der Waals surface area contributed by atoms with Crippen LogP contribution in [0.2, 0.25) is 0 Å². The molecule has 0 aromatic heterocycles. The normalized spacial score (nSPS) is 13.4. The molecule has 0 saturated heterocycles. The van der Waals surface area contributed by atoms with Crippen LogP contribution in [0, 0.1) is 5.92 Å². The molecule has 170 valence electrons. The Morgan fingerprint density at radius 2 is 1.18 bits per heavy atom. The summed E-state index contributed by atoms with van der Waals surface area (Å²) in [7, 11) is 3.26. The highest BCUT2D eigenvalue weighted by Crippen LogP contribution is 2.34. The van der Waals surface area contributed by atoms with Gasteiger partial charge in [0.15, 0.2) is 0 Å². The lowest BCUT2D eigenvalue weighted by molar-refractivity contribution is -0.403. The molecule has 6 nitrogen and oxygen atoms in total. The standard InChI is InChI=1S/C22H47NO5/c1-7-11-12-13-14-15-17-20(18-16-19-23-21(24-5)25-6)22(26-8-2,27-9-3)28-10-4/h20-21,23H,7-19H2,1-6H3. The fraction of sp³-hybridized carbons (Fsp3) is 1.00. The van der Waals surface area contributed by atoms with Crippen LogP contribution in [0.15, 0.2) is 0 Å². The van der Waals surface area contributed by atoms with Gasteiger partial charge in [-0.05, 0) is 46.6 Å². The second kappa shape index (κ2) is 18.8. The topological polar surface area (TPSA) is 58.2 Å². The van der Waals surface area contributed by atoms with Gasteiger partial charge in [-0.15, -0.1) is 0 Å². The van der Waals surface area contributed by atoms with E-state index in [0.717, 1.165) is 25.8 Å². The molecule has 0 radical (unpaired) electrons. The van der Waals surface area contributed by atoms with Crippen molar-refractivity contribution >= 4 is 0 Å². The lowest BCUT2D eigenvalue weighted by atomic mass is 9.92. The van der Waals surface area contributed by atoms with Gasteiger partial charge in [-0.1, -0.05) is 45.4 Å². The number of ether oxygens (including phenoxy) is 5. The average Bonchev–Trinajstić information content (AvgIpc) is 2.69. The summed E-state index contributed by atoms with van der Waals surface area (Å²) in [5.74, 6) is -0.743. The molecule has 6 heteroatoms. The average molecular weight is 406 g/mol. The molecule has 1 N–H and O–H groups in total. The molecule has 0 aromatic rings. The molecule has 0 rings (SSSR count). The lowest BCUT2D eigenvalue weighted by Crippen LogP contribution is -2.47. The third kappa shape index (κ3) is 11.7. The van der Waals surface area contributed by atoms with Gasteiger partial charge in [-0.2, -0.15) is 0 Å². The molecule has 0 fully saturated rings. The maximum Gasteiger partial charge on any atom is 0.285 e. The highest BCUT2D eigenvalue weighted by Gasteiger charge is 2.41. The van der Waals surface area contributed by atoms with Crippen molar-refractivity contribution in [2.24, 2.45) is 5.92 Å². The maximum atomic E-state index is 6.07. The first-order valence-electron chi connectivity index (χ1n) is 11.3. The fourth-order valence-corrected chi connectivity index (χ4v) is 3.58. The summed E-state index contributed by atoms with van der Waals surface area (Å²) in [6.45, 7) is 10.8. The molecule has 0 heterocycles. The van der Waals surface area contributed by atoms with E-state index in [9.17, 15) is 0 Å². The second-order valence-electron chi connectivity index (χ2n) is 7.06. The van der Waals surface area contributed by atoms with Crippen molar-refractivity contribution in [1.82, 2.24) is 5.32 Å². The predicted molar refractivity (Wildman–Crippen MR) is 114 cm³/mol. The molecule has 1 unspecified atom stereocenters. The highest BCUT2D eigenvalue weighted by molar-refractivity contribution is 4.73. The minimum absolute atomic E-state index is 0.198. The van der Waals surface area contributed by atoms with Gasteiger partial charge in [-0.3, -0.25) is 5.32 Å². The Hall–Kier alpha value is -0.240. The van der Waals surface area contributed by atoms with Crippen molar-refractivity contribution in [2.75, 3.05) is 40.6 Å². The van der Waals surface area contributed by atoms with E-state index in [2.05, 4.69) is 12.2 Å². The third-order valence-electron chi connectivity index (χ3n) is 4.91. The highest BCUT2D eigenvalue weighted by atomic mass is 16.9. The summed E-state index contributed by atoms with van der Waals surface area (Å²) >= 11 is 0. The van der Waals surface area contributed by atoms with Gasteiger partial charge >= 0.3 is 0 Å². The summed E-state index contributed by atoms with van der Waals surface area (Å²) in [4.78, 5) is 0. The zero-order chi connectivity index (χ0) is 21.1. The predicted octanol–water partition coefficient (Wildman–Crippen LogP) is 5.06. The van der Waals surface area contributed by atoms with Gasteiger partial charge in [0.1, 0.15) is 0 Å². The van der Waals surface area contributed by atoms with Crippen LogP contribution in [0.4, 0.5) is 0 Å². The van der Waals surface area contributed by atoms with E-state index in [4.69, 9.17) is 23.7 Å². The number of unbranched alkanes of at least 4 members (excludes halogenated alkanes) is 5. The van der Waals surface area contributed by atoms with Crippen LogP contribution in [-0.4, -0.2) is 53.0 Å². The van der Waals surface area contributed by atoms with Crippen LogP contribution >= 0.6 is 0 Å². The van der Waals surface area contributed by atoms with Crippen LogP contribution in [0.3, 0.4) is 0 Å². The van der Waals surface area contributed by atoms with Gasteiger partial charge in [0.25, 0.3) is 5.97 Å². The zero-order valence-electron chi connectivity index (χ0n) is 19.4. The molecule has 0 aliphatic rings. The first-order chi connectivity index (χ1) is 13.6. The molecule has 0 aliphatic carbocycles. The Labute approximate surface area is 174 Å². The SMILES string of the molecule is CCCCCCCCC(CCCNC(OC)OC)C(OCC)(OCC)OCC. The lowest BCUT2D eigenvalue weighted by Gasteiger charge is -2.39. The van der Waals surface area contributed by atoms with Crippen LogP contribution in [0.5, 0.6) is 0 Å². The smallest absolute Gasteiger partial charge is 0.285 e. The van der Waals surface area contributed by atoms with Crippen LogP contribution in [-0.2, 0) is 23.7 Å². The van der Waals surface area contributed by atoms with Gasteiger partial charge in [0.2, 0.25) is 6.41 Å². The molecule has 0 bridgehead atoms. The number of methoxy groups -OCH3 is 2. The Morgan fingerprint density at radius 3 is 1.68 bits per heavy atom. The zero-order valence-corrected chi connectivity index (χ0v) is 19.4. The van der Waals surface area contributed by atoms with E-state index in [0.29, 0.717) is 19.8 Å². The van der Waals surface area contributed by atoms with E-state index in [1.165, 1.54) is 38.5 Å². The Balaban J connectivity index is 4.85. The molecule has 0 spiro atoms. The molecular formula is C22H47NO5. The molecule has 0 amide bonds. The van der Waals surface area contributed by atoms with Crippen LogP contribution in [0.1, 0.15) is 85.5 Å². The first-order valence-corrected chi connectivity index (χ1v) is 11.3. The van der Waals surface area contributed by atoms with Gasteiger partial charge in [-0.25, -0.2) is 0 Å². The first kappa shape index (κ1) is 27.8. The number of hydrogen-bond donors (Lipinski definition) is 1. The Kier molecular flexibility index (Phi) is 18.6. The minimum Gasteiger partial charge on any atom is -0.343 e. The number of nitrogens with one attached hydrogen (secondary N) is 1. The fourth-order valence-electron chi connectivity index (χ4n) is 3.58. The van der Waals surface area contributed by atoms with Crippen LogP contribution in [0.25, 0.3) is 0 Å². The van der Waals surface area contributed by atoms with Gasteiger partial charge in [0.05, 0.1) is 0 Å². The van der Waals surface area contributed by atoms with Gasteiger partial charge < -0.3 is 23.7 Å². The van der Waals surface area contributed by atoms with Crippen molar-refractivity contribution in [3.8, 4) is 0 Å². The van der Waals surface area contributed by atoms with Crippen molar-refractivity contribution in [1.29, 1.82) is 0 Å². The molecule has 0 aliphatic heterocycles. The summed E-state index contributed by atoms with van der Waals surface area (Å²) in [6.07, 6.45) is 10.3. The molecule has 0 aromatic carbocycles. The second-order valence-corrected chi connectivity index (χ2v) is 7.06. The van der Waals surface area contributed by atoms with E-state index < -0.39 is 5.97 Å². The van der Waals surface area contributed by atoms with Crippen molar-refractivity contribution in [3.05, 3.63) is 0 Å². The number of rotatable bonds is 21. The molecular weight excluding hydrogens is 358 g/mol. The van der Waals surface area contributed by atoms with Gasteiger partial charge in [0, 0.05) is 40.0 Å². The van der Waals surface area contributed by atoms with Crippen molar-refractivity contribution in [2.45, 2.75) is 97.9 Å². The minimum atomic E-state index is -0.941. The third-order valence-corrected chi connectivity index (χ3v) is 4.91. The quantitative estimate of drug-likeness (QED) is 0.213. The largest absolute Gasteiger partial charge is 0.343 e. The van der Waals surface area contributed by atoms with E-state index in [1.807, 2.05) is 20.8 Å². The monoisotopic (exact) mass is 405 g/mol. The molecule has 0 saturated carbocycles. The summed E-state index contributed by atoms with van der Waals surface area (Å²) in [5, 5.41) is 3.25. The van der Waals surface area contributed by atoms with E-state index in [-0.39, 0.29) is 12.3 Å². The molecule has 28 heavy (non-hydrogen) atoms. The Morgan fingerprint density at radius 1 is 0.679 bits per heavy atom. The Bertz CT molecular complexity index is 309. The van der Waals surface area contributed by atoms with E-state index >= 15 is 0 Å². The summed E-state index contributed by atoms with van der Waals surface area (Å²) in [5.41, 5.74) is 0. The van der Waals surface area contributed by atoms with Crippen molar-refractivity contribution in [3.63, 3.8) is 0 Å². The van der Waals surface area contributed by atoms with Crippen LogP contribution < -0.4 is 5.32 Å². The van der Waals surface area contributed by atoms with E-state index in [1.54, 1.807) is 14.2 Å².